The molecule has 0 aliphatic heterocycles. The molecule has 104 valence electrons. The van der Waals surface area contributed by atoms with Crippen LogP contribution in [0, 0.1) is 10.1 Å². The lowest BCUT2D eigenvalue weighted by Crippen LogP contribution is -2.15. The number of halogens is 1. The van der Waals surface area contributed by atoms with Crippen molar-refractivity contribution in [1.82, 2.24) is 9.78 Å². The molecule has 1 amide bonds. The Bertz CT molecular complexity index is 641. The SMILES string of the molecule is O=C(CCn1cc(Cl)cn1)Nc1ccccc1[N+](=O)[O-]. The quantitative estimate of drug-likeness (QED) is 0.677. The molecule has 8 heteroatoms. The van der Waals surface area contributed by atoms with E-state index in [1.807, 2.05) is 0 Å². The minimum absolute atomic E-state index is 0.136. The van der Waals surface area contributed by atoms with Crippen molar-refractivity contribution in [2.24, 2.45) is 0 Å². The predicted octanol–water partition coefficient (Wildman–Crippen LogP) is 2.47. The van der Waals surface area contributed by atoms with Gasteiger partial charge in [0.2, 0.25) is 5.91 Å². The number of hydrogen-bond donors (Lipinski definition) is 1. The molecule has 1 aromatic heterocycles. The van der Waals surface area contributed by atoms with Gasteiger partial charge < -0.3 is 5.32 Å². The molecular formula is C12H11ClN4O3. The first kappa shape index (κ1) is 14.0. The van der Waals surface area contributed by atoms with Crippen LogP contribution >= 0.6 is 11.6 Å². The number of carbonyl (C=O) groups is 1. The van der Waals surface area contributed by atoms with E-state index in [0.717, 1.165) is 0 Å². The van der Waals surface area contributed by atoms with Crippen LogP contribution in [-0.2, 0) is 11.3 Å². The largest absolute Gasteiger partial charge is 0.320 e. The maximum Gasteiger partial charge on any atom is 0.292 e. The third kappa shape index (κ3) is 3.55. The molecule has 0 fully saturated rings. The van der Waals surface area contributed by atoms with Crippen molar-refractivity contribution in [3.8, 4) is 0 Å². The van der Waals surface area contributed by atoms with E-state index in [0.29, 0.717) is 11.6 Å². The number of benzene rings is 1. The van der Waals surface area contributed by atoms with Crippen molar-refractivity contribution >= 4 is 28.9 Å². The maximum absolute atomic E-state index is 11.8. The topological polar surface area (TPSA) is 90.1 Å². The Balaban J connectivity index is 1.96. The molecule has 1 heterocycles. The molecule has 1 N–H and O–H groups in total. The highest BCUT2D eigenvalue weighted by Crippen LogP contribution is 2.23. The minimum atomic E-state index is -0.539. The van der Waals surface area contributed by atoms with E-state index in [4.69, 9.17) is 11.6 Å². The number of aryl methyl sites for hydroxylation is 1. The van der Waals surface area contributed by atoms with Gasteiger partial charge in [0.25, 0.3) is 5.69 Å². The van der Waals surface area contributed by atoms with Crippen molar-refractivity contribution in [2.45, 2.75) is 13.0 Å². The molecule has 0 aliphatic rings. The van der Waals surface area contributed by atoms with Gasteiger partial charge in [-0.05, 0) is 6.07 Å². The number of nitro benzene ring substituents is 1. The lowest BCUT2D eigenvalue weighted by molar-refractivity contribution is -0.383. The second kappa shape index (κ2) is 6.16. The van der Waals surface area contributed by atoms with Crippen LogP contribution in [0.2, 0.25) is 5.02 Å². The van der Waals surface area contributed by atoms with Gasteiger partial charge in [0.05, 0.1) is 16.1 Å². The van der Waals surface area contributed by atoms with Gasteiger partial charge in [-0.15, -0.1) is 0 Å². The predicted molar refractivity (Wildman–Crippen MR) is 73.6 cm³/mol. The van der Waals surface area contributed by atoms with Gasteiger partial charge in [-0.1, -0.05) is 23.7 Å². The highest BCUT2D eigenvalue weighted by atomic mass is 35.5. The molecule has 0 aliphatic carbocycles. The van der Waals surface area contributed by atoms with Gasteiger partial charge in [0.15, 0.2) is 0 Å². The molecule has 0 radical (unpaired) electrons. The Morgan fingerprint density at radius 3 is 2.85 bits per heavy atom. The lowest BCUT2D eigenvalue weighted by atomic mass is 10.2. The number of carbonyl (C=O) groups excluding carboxylic acids is 1. The van der Waals surface area contributed by atoms with Crippen molar-refractivity contribution in [1.29, 1.82) is 0 Å². The second-order valence-electron chi connectivity index (χ2n) is 3.99. The average Bonchev–Trinajstić information content (AvgIpc) is 2.83. The second-order valence-corrected chi connectivity index (χ2v) is 4.43. The van der Waals surface area contributed by atoms with Gasteiger partial charge in [0.1, 0.15) is 5.69 Å². The number of hydrogen-bond acceptors (Lipinski definition) is 4. The summed E-state index contributed by atoms with van der Waals surface area (Å²) in [7, 11) is 0. The molecule has 2 rings (SSSR count). The normalized spacial score (nSPS) is 10.2. The van der Waals surface area contributed by atoms with Gasteiger partial charge in [0, 0.05) is 25.2 Å². The zero-order valence-corrected chi connectivity index (χ0v) is 11.1. The monoisotopic (exact) mass is 294 g/mol. The van der Waals surface area contributed by atoms with Crippen molar-refractivity contribution < 1.29 is 9.72 Å². The Morgan fingerprint density at radius 1 is 1.45 bits per heavy atom. The number of anilines is 1. The Kier molecular flexibility index (Phi) is 4.31. The average molecular weight is 295 g/mol. The molecule has 0 bridgehead atoms. The Hall–Kier alpha value is -2.41. The highest BCUT2D eigenvalue weighted by molar-refractivity contribution is 6.30. The first-order chi connectivity index (χ1) is 9.56. The van der Waals surface area contributed by atoms with Gasteiger partial charge in [-0.25, -0.2) is 0 Å². The summed E-state index contributed by atoms with van der Waals surface area (Å²) < 4.78 is 1.53. The molecule has 0 atom stereocenters. The molecule has 1 aromatic carbocycles. The fraction of sp³-hybridized carbons (Fsp3) is 0.167. The molecular weight excluding hydrogens is 284 g/mol. The third-order valence-corrected chi connectivity index (χ3v) is 2.74. The van der Waals surface area contributed by atoms with Gasteiger partial charge >= 0.3 is 0 Å². The van der Waals surface area contributed by atoms with Crippen molar-refractivity contribution in [2.75, 3.05) is 5.32 Å². The summed E-state index contributed by atoms with van der Waals surface area (Å²) in [6, 6.07) is 5.99. The summed E-state index contributed by atoms with van der Waals surface area (Å²) in [4.78, 5) is 22.0. The van der Waals surface area contributed by atoms with Crippen LogP contribution in [0.5, 0.6) is 0 Å². The van der Waals surface area contributed by atoms with E-state index in [1.165, 1.54) is 23.0 Å². The van der Waals surface area contributed by atoms with Crippen molar-refractivity contribution in [3.05, 3.63) is 51.8 Å². The molecule has 0 spiro atoms. The van der Waals surface area contributed by atoms with Crippen LogP contribution < -0.4 is 5.32 Å². The van der Waals surface area contributed by atoms with Gasteiger partial charge in [-0.2, -0.15) is 5.10 Å². The Labute approximate surface area is 119 Å². The standard InChI is InChI=1S/C12H11ClN4O3/c13-9-7-14-16(8-9)6-5-12(18)15-10-3-1-2-4-11(10)17(19)20/h1-4,7-8H,5-6H2,(H,15,18). The summed E-state index contributed by atoms with van der Waals surface area (Å²) >= 11 is 5.70. The summed E-state index contributed by atoms with van der Waals surface area (Å²) in [5.41, 5.74) is 0.0454. The van der Waals surface area contributed by atoms with Crippen LogP contribution in [0.4, 0.5) is 11.4 Å². The maximum atomic E-state index is 11.8. The summed E-state index contributed by atoms with van der Waals surface area (Å²) in [6.45, 7) is 0.346. The molecule has 0 saturated heterocycles. The van der Waals surface area contributed by atoms with E-state index in [1.54, 1.807) is 18.3 Å². The smallest absolute Gasteiger partial charge is 0.292 e. The third-order valence-electron chi connectivity index (χ3n) is 2.54. The number of nitrogens with one attached hydrogen (secondary N) is 1. The molecule has 0 saturated carbocycles. The number of para-hydroxylation sites is 2. The number of amides is 1. The van der Waals surface area contributed by atoms with Gasteiger partial charge in [-0.3, -0.25) is 19.6 Å². The highest BCUT2D eigenvalue weighted by Gasteiger charge is 2.14. The molecule has 7 nitrogen and oxygen atoms in total. The van der Waals surface area contributed by atoms with Crippen LogP contribution in [-0.4, -0.2) is 20.6 Å². The van der Waals surface area contributed by atoms with E-state index >= 15 is 0 Å². The molecule has 0 unspecified atom stereocenters. The number of aromatic nitrogens is 2. The lowest BCUT2D eigenvalue weighted by Gasteiger charge is -2.05. The van der Waals surface area contributed by atoms with Crippen LogP contribution in [0.25, 0.3) is 0 Å². The first-order valence-electron chi connectivity index (χ1n) is 5.77. The van der Waals surface area contributed by atoms with E-state index in [9.17, 15) is 14.9 Å². The zero-order chi connectivity index (χ0) is 14.5. The van der Waals surface area contributed by atoms with Crippen molar-refractivity contribution in [3.63, 3.8) is 0 Å². The number of nitro groups is 1. The molecule has 20 heavy (non-hydrogen) atoms. The Morgan fingerprint density at radius 2 is 2.20 bits per heavy atom. The van der Waals surface area contributed by atoms with E-state index < -0.39 is 4.92 Å². The zero-order valence-electron chi connectivity index (χ0n) is 10.3. The van der Waals surface area contributed by atoms with E-state index in [-0.39, 0.29) is 23.7 Å². The van der Waals surface area contributed by atoms with Crippen LogP contribution in [0.3, 0.4) is 0 Å². The van der Waals surface area contributed by atoms with E-state index in [2.05, 4.69) is 10.4 Å². The summed E-state index contributed by atoms with van der Waals surface area (Å²) in [5, 5.41) is 17.8. The fourth-order valence-electron chi connectivity index (χ4n) is 1.63. The van der Waals surface area contributed by atoms with Crippen LogP contribution in [0.1, 0.15) is 6.42 Å². The fourth-order valence-corrected chi connectivity index (χ4v) is 1.78. The summed E-state index contributed by atoms with van der Waals surface area (Å²) in [5.74, 6) is -0.328. The first-order valence-corrected chi connectivity index (χ1v) is 6.15. The molecule has 2 aromatic rings. The minimum Gasteiger partial charge on any atom is -0.320 e. The summed E-state index contributed by atoms with van der Waals surface area (Å²) in [6.07, 6.45) is 3.21. The number of rotatable bonds is 5. The number of nitrogens with zero attached hydrogens (tertiary/aromatic N) is 3. The van der Waals surface area contributed by atoms with Crippen LogP contribution in [0.15, 0.2) is 36.7 Å².